The van der Waals surface area contributed by atoms with Gasteiger partial charge in [-0.1, -0.05) is 17.7 Å². The summed E-state index contributed by atoms with van der Waals surface area (Å²) >= 11 is 5.68. The molecule has 2 aromatic rings. The number of rotatable bonds is 6. The average molecular weight is 401 g/mol. The van der Waals surface area contributed by atoms with E-state index in [4.69, 9.17) is 16.3 Å². The van der Waals surface area contributed by atoms with E-state index in [-0.39, 0.29) is 15.7 Å². The fraction of sp³-hybridized carbons (Fsp3) is 0.235. The van der Waals surface area contributed by atoms with Crippen molar-refractivity contribution in [1.82, 2.24) is 4.31 Å². The summed E-state index contributed by atoms with van der Waals surface area (Å²) in [7, 11) is -0.770. The Labute approximate surface area is 156 Å². The van der Waals surface area contributed by atoms with Crippen LogP contribution in [-0.2, 0) is 14.8 Å². The Kier molecular flexibility index (Phi) is 6.22. The van der Waals surface area contributed by atoms with Gasteiger partial charge in [-0.25, -0.2) is 17.1 Å². The minimum atomic E-state index is -3.61. The minimum Gasteiger partial charge on any atom is -0.481 e. The van der Waals surface area contributed by atoms with Crippen molar-refractivity contribution in [2.24, 2.45) is 0 Å². The normalized spacial score (nSPS) is 12.7. The van der Waals surface area contributed by atoms with Crippen LogP contribution < -0.4 is 10.1 Å². The minimum absolute atomic E-state index is 0.0548. The highest BCUT2D eigenvalue weighted by Gasteiger charge is 2.19. The second kappa shape index (κ2) is 8.03. The number of halogens is 2. The monoisotopic (exact) mass is 400 g/mol. The van der Waals surface area contributed by atoms with Gasteiger partial charge in [-0.3, -0.25) is 4.79 Å². The third-order valence-electron chi connectivity index (χ3n) is 3.45. The van der Waals surface area contributed by atoms with Gasteiger partial charge < -0.3 is 10.1 Å². The maximum absolute atomic E-state index is 13.2. The molecule has 1 amide bonds. The van der Waals surface area contributed by atoms with Crippen LogP contribution in [0.15, 0.2) is 47.4 Å². The van der Waals surface area contributed by atoms with Crippen molar-refractivity contribution in [1.29, 1.82) is 0 Å². The highest BCUT2D eigenvalue weighted by Crippen LogP contribution is 2.22. The van der Waals surface area contributed by atoms with Crippen LogP contribution in [0.5, 0.6) is 5.75 Å². The maximum Gasteiger partial charge on any atom is 0.265 e. The molecule has 0 saturated carbocycles. The first kappa shape index (κ1) is 20.2. The second-order valence-corrected chi connectivity index (χ2v) is 8.20. The third kappa shape index (κ3) is 4.72. The summed E-state index contributed by atoms with van der Waals surface area (Å²) in [5.41, 5.74) is 0.311. The molecule has 2 rings (SSSR count). The molecule has 0 aliphatic carbocycles. The van der Waals surface area contributed by atoms with E-state index in [2.05, 4.69) is 5.32 Å². The van der Waals surface area contributed by atoms with Gasteiger partial charge in [0.25, 0.3) is 5.91 Å². The molecule has 0 unspecified atom stereocenters. The highest BCUT2D eigenvalue weighted by atomic mass is 35.5. The fourth-order valence-electron chi connectivity index (χ4n) is 2.00. The number of anilines is 1. The lowest BCUT2D eigenvalue weighted by Crippen LogP contribution is -2.30. The number of amides is 1. The van der Waals surface area contributed by atoms with E-state index in [0.717, 1.165) is 10.4 Å². The number of ether oxygens (including phenoxy) is 1. The molecule has 0 spiro atoms. The standard InChI is InChI=1S/C17H18ClFN2O4S/c1-11(25-13-7-8-16(19)15(18)10-13)17(22)20-12-5-4-6-14(9-12)26(23,24)21(2)3/h4-11H,1-3H3,(H,20,22)/t11-/m0/s1. The number of nitrogens with zero attached hydrogens (tertiary/aromatic N) is 1. The van der Waals surface area contributed by atoms with Gasteiger partial charge in [0.2, 0.25) is 10.0 Å². The van der Waals surface area contributed by atoms with Gasteiger partial charge in [-0.2, -0.15) is 0 Å². The molecular formula is C17H18ClFN2O4S. The molecule has 0 saturated heterocycles. The highest BCUT2D eigenvalue weighted by molar-refractivity contribution is 7.89. The Hall–Kier alpha value is -2.16. The summed E-state index contributed by atoms with van der Waals surface area (Å²) in [4.78, 5) is 12.3. The molecule has 0 fully saturated rings. The SMILES string of the molecule is C[C@H](Oc1ccc(F)c(Cl)c1)C(=O)Nc1cccc(S(=O)(=O)N(C)C)c1. The van der Waals surface area contributed by atoms with Gasteiger partial charge in [0.15, 0.2) is 6.10 Å². The molecule has 1 atom stereocenters. The number of benzene rings is 2. The predicted molar refractivity (Wildman–Crippen MR) is 97.4 cm³/mol. The number of carbonyl (C=O) groups is 1. The van der Waals surface area contributed by atoms with Gasteiger partial charge in [-0.15, -0.1) is 0 Å². The van der Waals surface area contributed by atoms with Gasteiger partial charge in [0, 0.05) is 25.8 Å². The molecular weight excluding hydrogens is 383 g/mol. The van der Waals surface area contributed by atoms with Crippen LogP contribution in [0.3, 0.4) is 0 Å². The van der Waals surface area contributed by atoms with Crippen molar-refractivity contribution >= 4 is 33.2 Å². The zero-order chi connectivity index (χ0) is 19.5. The number of hydrogen-bond acceptors (Lipinski definition) is 4. The van der Waals surface area contributed by atoms with E-state index in [1.807, 2.05) is 0 Å². The van der Waals surface area contributed by atoms with Gasteiger partial charge in [0.1, 0.15) is 11.6 Å². The molecule has 140 valence electrons. The lowest BCUT2D eigenvalue weighted by molar-refractivity contribution is -0.122. The maximum atomic E-state index is 13.2. The zero-order valence-electron chi connectivity index (χ0n) is 14.4. The largest absolute Gasteiger partial charge is 0.481 e. The molecule has 2 aromatic carbocycles. The molecule has 6 nitrogen and oxygen atoms in total. The summed E-state index contributed by atoms with van der Waals surface area (Å²) in [6.45, 7) is 1.51. The summed E-state index contributed by atoms with van der Waals surface area (Å²) in [5, 5.41) is 2.47. The molecule has 0 aliphatic rings. The Bertz CT molecular complexity index is 919. The predicted octanol–water partition coefficient (Wildman–Crippen LogP) is 3.14. The number of carbonyl (C=O) groups excluding carboxylic acids is 1. The van der Waals surface area contributed by atoms with Crippen LogP contribution in [0, 0.1) is 5.82 Å². The van der Waals surface area contributed by atoms with E-state index in [1.165, 1.54) is 51.4 Å². The average Bonchev–Trinajstić information content (AvgIpc) is 2.58. The van der Waals surface area contributed by atoms with Crippen LogP contribution >= 0.6 is 11.6 Å². The summed E-state index contributed by atoms with van der Waals surface area (Å²) in [6, 6.07) is 9.64. The lowest BCUT2D eigenvalue weighted by atomic mass is 10.3. The topological polar surface area (TPSA) is 75.7 Å². The molecule has 1 N–H and O–H groups in total. The van der Waals surface area contributed by atoms with Crippen molar-refractivity contribution in [3.63, 3.8) is 0 Å². The summed E-state index contributed by atoms with van der Waals surface area (Å²) in [6.07, 6.45) is -0.911. The number of nitrogens with one attached hydrogen (secondary N) is 1. The van der Waals surface area contributed by atoms with Crippen LogP contribution in [-0.4, -0.2) is 38.8 Å². The first-order valence-electron chi connectivity index (χ1n) is 7.56. The van der Waals surface area contributed by atoms with E-state index >= 15 is 0 Å². The Morgan fingerprint density at radius 3 is 2.54 bits per heavy atom. The van der Waals surface area contributed by atoms with E-state index in [9.17, 15) is 17.6 Å². The van der Waals surface area contributed by atoms with Crippen molar-refractivity contribution in [3.05, 3.63) is 53.3 Å². The van der Waals surface area contributed by atoms with Crippen LogP contribution in [0.25, 0.3) is 0 Å². The van der Waals surface area contributed by atoms with Crippen molar-refractivity contribution in [3.8, 4) is 5.75 Å². The second-order valence-electron chi connectivity index (χ2n) is 5.64. The van der Waals surface area contributed by atoms with Crippen LogP contribution in [0.2, 0.25) is 5.02 Å². The Balaban J connectivity index is 2.10. The van der Waals surface area contributed by atoms with Gasteiger partial charge in [0.05, 0.1) is 9.92 Å². The molecule has 0 aromatic heterocycles. The van der Waals surface area contributed by atoms with Gasteiger partial charge >= 0.3 is 0 Å². The van der Waals surface area contributed by atoms with Crippen LogP contribution in [0.1, 0.15) is 6.92 Å². The van der Waals surface area contributed by atoms with E-state index in [1.54, 1.807) is 6.07 Å². The fourth-order valence-corrected chi connectivity index (χ4v) is 3.12. The molecule has 9 heteroatoms. The van der Waals surface area contributed by atoms with E-state index < -0.39 is 27.9 Å². The van der Waals surface area contributed by atoms with E-state index in [0.29, 0.717) is 5.69 Å². The van der Waals surface area contributed by atoms with Crippen molar-refractivity contribution in [2.45, 2.75) is 17.9 Å². The first-order chi connectivity index (χ1) is 12.1. The van der Waals surface area contributed by atoms with Crippen LogP contribution in [0.4, 0.5) is 10.1 Å². The molecule has 26 heavy (non-hydrogen) atoms. The smallest absolute Gasteiger partial charge is 0.265 e. The third-order valence-corrected chi connectivity index (χ3v) is 5.55. The zero-order valence-corrected chi connectivity index (χ0v) is 15.9. The Morgan fingerprint density at radius 2 is 1.92 bits per heavy atom. The first-order valence-corrected chi connectivity index (χ1v) is 9.38. The molecule has 0 heterocycles. The number of sulfonamides is 1. The molecule has 0 bridgehead atoms. The number of hydrogen-bond donors (Lipinski definition) is 1. The van der Waals surface area contributed by atoms with Crippen molar-refractivity contribution < 1.29 is 22.3 Å². The lowest BCUT2D eigenvalue weighted by Gasteiger charge is -2.16. The molecule has 0 aliphatic heterocycles. The molecule has 0 radical (unpaired) electrons. The van der Waals surface area contributed by atoms with Gasteiger partial charge in [-0.05, 0) is 37.3 Å². The quantitative estimate of drug-likeness (QED) is 0.808. The Morgan fingerprint density at radius 1 is 1.23 bits per heavy atom. The summed E-state index contributed by atoms with van der Waals surface area (Å²) in [5.74, 6) is -0.845. The summed E-state index contributed by atoms with van der Waals surface area (Å²) < 4.78 is 44.0. The van der Waals surface area contributed by atoms with Crippen molar-refractivity contribution in [2.75, 3.05) is 19.4 Å².